The van der Waals surface area contributed by atoms with E-state index in [9.17, 15) is 19.2 Å². The third-order valence-corrected chi connectivity index (χ3v) is 3.67. The van der Waals surface area contributed by atoms with Gasteiger partial charge in [0.1, 0.15) is 5.78 Å². The number of amides is 3. The summed E-state index contributed by atoms with van der Waals surface area (Å²) in [5.74, 6) is -0.648. The molecular formula is C14H28B3N3O4. The van der Waals surface area contributed by atoms with Crippen LogP contribution in [0.2, 0.25) is 0 Å². The molecule has 0 aromatic heterocycles. The van der Waals surface area contributed by atoms with Crippen LogP contribution in [0.1, 0.15) is 46.5 Å². The van der Waals surface area contributed by atoms with Crippen LogP contribution in [0.3, 0.4) is 0 Å². The molecule has 3 amide bonds. The van der Waals surface area contributed by atoms with Crippen LogP contribution in [-0.4, -0.2) is 70.2 Å². The van der Waals surface area contributed by atoms with Crippen LogP contribution in [0, 0.1) is 5.41 Å². The number of hydrogen-bond donors (Lipinski definition) is 1. The van der Waals surface area contributed by atoms with Gasteiger partial charge in [-0.05, 0) is 12.8 Å². The fourth-order valence-corrected chi connectivity index (χ4v) is 1.88. The molecule has 0 saturated heterocycles. The van der Waals surface area contributed by atoms with Crippen molar-refractivity contribution in [1.29, 1.82) is 0 Å². The van der Waals surface area contributed by atoms with Gasteiger partial charge < -0.3 is 14.8 Å². The smallest absolute Gasteiger partial charge is 0.227 e. The second kappa shape index (κ2) is 10.2. The lowest BCUT2D eigenvalue weighted by atomic mass is 9.88. The minimum atomic E-state index is -0.368. The highest BCUT2D eigenvalue weighted by Crippen LogP contribution is 2.18. The SMILES string of the molecule is BNC(=O)CN(CC(=O)N(B)B)C(=O)CCCCC(=O)C(C)(C)C. The highest BCUT2D eigenvalue weighted by molar-refractivity contribution is 6.34. The van der Waals surface area contributed by atoms with Gasteiger partial charge in [-0.25, -0.2) is 0 Å². The molecule has 0 fully saturated rings. The van der Waals surface area contributed by atoms with Gasteiger partial charge in [0.15, 0.2) is 0 Å². The van der Waals surface area contributed by atoms with E-state index in [1.807, 2.05) is 20.8 Å². The Labute approximate surface area is 147 Å². The fourth-order valence-electron chi connectivity index (χ4n) is 1.88. The first-order valence-corrected chi connectivity index (χ1v) is 8.20. The molecule has 0 aromatic carbocycles. The summed E-state index contributed by atoms with van der Waals surface area (Å²) in [4.78, 5) is 48.7. The summed E-state index contributed by atoms with van der Waals surface area (Å²) in [7, 11) is 4.68. The molecule has 0 aromatic rings. The highest BCUT2D eigenvalue weighted by Gasteiger charge is 2.22. The minimum absolute atomic E-state index is 0.125. The van der Waals surface area contributed by atoms with Gasteiger partial charge in [-0.2, -0.15) is 0 Å². The number of nitrogens with zero attached hydrogens (tertiary/aromatic N) is 2. The van der Waals surface area contributed by atoms with Gasteiger partial charge in [-0.15, -0.1) is 0 Å². The first kappa shape index (κ1) is 22.3. The Morgan fingerprint density at radius 2 is 1.46 bits per heavy atom. The molecule has 0 radical (unpaired) electrons. The van der Waals surface area contributed by atoms with Crippen molar-refractivity contribution in [2.75, 3.05) is 13.1 Å². The molecule has 7 nitrogen and oxygen atoms in total. The van der Waals surface area contributed by atoms with E-state index in [-0.39, 0.29) is 48.4 Å². The number of Topliss-reactive ketones (excluding diaryl/α,β-unsaturated/α-hetero) is 1. The van der Waals surface area contributed by atoms with E-state index in [0.717, 1.165) is 0 Å². The molecule has 0 spiro atoms. The zero-order chi connectivity index (χ0) is 18.9. The van der Waals surface area contributed by atoms with Gasteiger partial charge in [0.2, 0.25) is 41.7 Å². The van der Waals surface area contributed by atoms with Crippen molar-refractivity contribution < 1.29 is 19.2 Å². The summed E-state index contributed by atoms with van der Waals surface area (Å²) in [6.07, 6.45) is 1.83. The van der Waals surface area contributed by atoms with E-state index in [2.05, 4.69) is 5.23 Å². The van der Waals surface area contributed by atoms with Crippen molar-refractivity contribution in [3.8, 4) is 0 Å². The van der Waals surface area contributed by atoms with Crippen molar-refractivity contribution in [3.05, 3.63) is 0 Å². The number of carbonyl (C=O) groups is 4. The van der Waals surface area contributed by atoms with Crippen molar-refractivity contribution in [3.63, 3.8) is 0 Å². The molecule has 0 aliphatic heterocycles. The van der Waals surface area contributed by atoms with Crippen LogP contribution < -0.4 is 5.23 Å². The van der Waals surface area contributed by atoms with Crippen LogP contribution in [-0.2, 0) is 19.2 Å². The normalized spacial score (nSPS) is 10.8. The van der Waals surface area contributed by atoms with E-state index >= 15 is 0 Å². The number of nitrogens with one attached hydrogen (secondary N) is 1. The molecule has 10 heteroatoms. The van der Waals surface area contributed by atoms with Gasteiger partial charge >= 0.3 is 0 Å². The first-order chi connectivity index (χ1) is 11.0. The average molecular weight is 335 g/mol. The van der Waals surface area contributed by atoms with Crippen molar-refractivity contribution in [2.45, 2.75) is 46.5 Å². The maximum atomic E-state index is 12.3. The van der Waals surface area contributed by atoms with Crippen LogP contribution in [0.15, 0.2) is 0 Å². The van der Waals surface area contributed by atoms with E-state index in [0.29, 0.717) is 19.3 Å². The number of carbonyl (C=O) groups excluding carboxylic acids is 4. The van der Waals surface area contributed by atoms with Gasteiger partial charge in [-0.1, -0.05) is 20.8 Å². The minimum Gasteiger partial charge on any atom is -0.441 e. The van der Waals surface area contributed by atoms with Crippen molar-refractivity contribution in [1.82, 2.24) is 14.8 Å². The van der Waals surface area contributed by atoms with Gasteiger partial charge in [0, 0.05) is 18.3 Å². The molecule has 0 aliphatic carbocycles. The molecule has 132 valence electrons. The van der Waals surface area contributed by atoms with E-state index in [1.165, 1.54) is 17.6 Å². The Morgan fingerprint density at radius 1 is 0.917 bits per heavy atom. The van der Waals surface area contributed by atoms with E-state index < -0.39 is 0 Å². The van der Waals surface area contributed by atoms with E-state index in [4.69, 9.17) is 0 Å². The molecule has 0 unspecified atom stereocenters. The lowest BCUT2D eigenvalue weighted by molar-refractivity contribution is -0.139. The summed E-state index contributed by atoms with van der Waals surface area (Å²) in [6, 6.07) is 0. The summed E-state index contributed by atoms with van der Waals surface area (Å²) in [6.45, 7) is 5.35. The first-order valence-electron chi connectivity index (χ1n) is 8.20. The summed E-state index contributed by atoms with van der Waals surface area (Å²) >= 11 is 0. The van der Waals surface area contributed by atoms with Crippen LogP contribution in [0.5, 0.6) is 0 Å². The van der Waals surface area contributed by atoms with E-state index in [1.54, 1.807) is 16.0 Å². The Morgan fingerprint density at radius 3 is 1.92 bits per heavy atom. The van der Waals surface area contributed by atoms with Gasteiger partial charge in [0.05, 0.1) is 13.1 Å². The Balaban J connectivity index is 4.51. The molecule has 0 bridgehead atoms. The van der Waals surface area contributed by atoms with Crippen LogP contribution in [0.4, 0.5) is 0 Å². The lowest BCUT2D eigenvalue weighted by Gasteiger charge is -2.23. The standard InChI is InChI=1S/C14H28B3N3O4/c1-14(2,3)10(21)6-4-5-7-12(23)19(8-11(22)18-15)9-13(24)20(16)17/h4-9,15-17H2,1-3H3,(H,18,22). The molecule has 0 heterocycles. The molecule has 24 heavy (non-hydrogen) atoms. The second-order valence-corrected chi connectivity index (χ2v) is 7.09. The monoisotopic (exact) mass is 335 g/mol. The number of ketones is 1. The zero-order valence-electron chi connectivity index (χ0n) is 15.8. The zero-order valence-corrected chi connectivity index (χ0v) is 15.8. The quantitative estimate of drug-likeness (QED) is 0.375. The fraction of sp³-hybridized carbons (Fsp3) is 0.714. The van der Waals surface area contributed by atoms with Crippen LogP contribution >= 0.6 is 0 Å². The Kier molecular flexibility index (Phi) is 9.47. The maximum absolute atomic E-state index is 12.3. The predicted molar refractivity (Wildman–Crippen MR) is 100 cm³/mol. The Hall–Kier alpha value is -1.73. The summed E-state index contributed by atoms with van der Waals surface area (Å²) in [5, 5.41) is 2.45. The lowest BCUT2D eigenvalue weighted by Crippen LogP contribution is -2.45. The van der Waals surface area contributed by atoms with Crippen LogP contribution in [0.25, 0.3) is 0 Å². The number of hydrogen-bond acceptors (Lipinski definition) is 4. The van der Waals surface area contributed by atoms with Crippen molar-refractivity contribution in [2.24, 2.45) is 5.41 Å². The largest absolute Gasteiger partial charge is 0.441 e. The van der Waals surface area contributed by atoms with Gasteiger partial charge in [0.25, 0.3) is 0 Å². The topological polar surface area (TPSA) is 86.8 Å². The summed E-state index contributed by atoms with van der Waals surface area (Å²) < 4.78 is 1.38. The molecule has 0 rings (SSSR count). The highest BCUT2D eigenvalue weighted by atomic mass is 16.2. The van der Waals surface area contributed by atoms with Gasteiger partial charge in [-0.3, -0.25) is 19.2 Å². The molecule has 1 N–H and O–H groups in total. The second-order valence-electron chi connectivity index (χ2n) is 7.09. The maximum Gasteiger partial charge on any atom is 0.227 e. The Bertz CT molecular complexity index is 478. The molecule has 0 saturated carbocycles. The summed E-state index contributed by atoms with van der Waals surface area (Å²) in [5.41, 5.74) is -0.368. The molecular weight excluding hydrogens is 307 g/mol. The average Bonchev–Trinajstić information content (AvgIpc) is 2.48. The third-order valence-electron chi connectivity index (χ3n) is 3.67. The number of unbranched alkanes of at least 4 members (excludes halogenated alkanes) is 1. The third kappa shape index (κ3) is 8.79. The molecule has 0 aliphatic rings. The van der Waals surface area contributed by atoms with Crippen molar-refractivity contribution >= 4 is 47.4 Å². The molecule has 0 atom stereocenters. The predicted octanol–water partition coefficient (Wildman–Crippen LogP) is -2.42. The number of rotatable bonds is 9.